The summed E-state index contributed by atoms with van der Waals surface area (Å²) < 4.78 is 18.2. The van der Waals surface area contributed by atoms with E-state index in [1.807, 2.05) is 0 Å². The van der Waals surface area contributed by atoms with Crippen LogP contribution in [0.4, 0.5) is 9.52 Å². The summed E-state index contributed by atoms with van der Waals surface area (Å²) in [6.07, 6.45) is 2.39. The molecule has 2 aromatic rings. The number of nitrogens with zero attached hydrogens (tertiary/aromatic N) is 4. The fraction of sp³-hybridized carbons (Fsp3) is 0.438. The summed E-state index contributed by atoms with van der Waals surface area (Å²) in [7, 11) is 0. The van der Waals surface area contributed by atoms with Crippen molar-refractivity contribution in [2.75, 3.05) is 31.1 Å². The molecule has 1 saturated heterocycles. The zero-order valence-corrected chi connectivity index (χ0v) is 13.4. The van der Waals surface area contributed by atoms with E-state index in [9.17, 15) is 9.18 Å². The fourth-order valence-electron chi connectivity index (χ4n) is 2.77. The monoisotopic (exact) mass is 332 g/mol. The minimum absolute atomic E-state index is 0.146. The van der Waals surface area contributed by atoms with Crippen molar-refractivity contribution in [3.05, 3.63) is 41.5 Å². The molecular formula is C16H17FN4OS. The number of carbonyl (C=O) groups excluding carboxylic acids is 1. The number of amides is 1. The number of piperazine rings is 1. The normalized spacial score (nSPS) is 18.3. The highest BCUT2D eigenvalue weighted by molar-refractivity contribution is 7.09. The van der Waals surface area contributed by atoms with Gasteiger partial charge in [-0.1, -0.05) is 12.1 Å². The molecule has 0 spiro atoms. The van der Waals surface area contributed by atoms with Gasteiger partial charge in [0.2, 0.25) is 5.13 Å². The minimum atomic E-state index is -0.460. The van der Waals surface area contributed by atoms with Crippen molar-refractivity contribution in [1.82, 2.24) is 14.3 Å². The summed E-state index contributed by atoms with van der Waals surface area (Å²) in [6.45, 7) is 2.57. The van der Waals surface area contributed by atoms with Gasteiger partial charge < -0.3 is 9.80 Å². The van der Waals surface area contributed by atoms with Crippen LogP contribution in [-0.2, 0) is 0 Å². The molecule has 1 amide bonds. The first-order valence-corrected chi connectivity index (χ1v) is 8.62. The van der Waals surface area contributed by atoms with Crippen LogP contribution >= 0.6 is 11.5 Å². The third-order valence-corrected chi connectivity index (χ3v) is 5.11. The third-order valence-electron chi connectivity index (χ3n) is 4.32. The quantitative estimate of drug-likeness (QED) is 0.867. The van der Waals surface area contributed by atoms with Gasteiger partial charge in [0.25, 0.3) is 5.91 Å². The molecule has 0 radical (unpaired) electrons. The van der Waals surface area contributed by atoms with E-state index in [2.05, 4.69) is 14.3 Å². The van der Waals surface area contributed by atoms with E-state index >= 15 is 0 Å². The Morgan fingerprint density at radius 3 is 2.61 bits per heavy atom. The van der Waals surface area contributed by atoms with E-state index in [4.69, 9.17) is 0 Å². The first-order valence-electron chi connectivity index (χ1n) is 7.85. The van der Waals surface area contributed by atoms with Gasteiger partial charge in [-0.25, -0.2) is 9.37 Å². The lowest BCUT2D eigenvalue weighted by atomic mass is 10.1. The molecular weight excluding hydrogens is 315 g/mol. The molecule has 0 bridgehead atoms. The van der Waals surface area contributed by atoms with Crippen LogP contribution < -0.4 is 4.90 Å². The van der Waals surface area contributed by atoms with Gasteiger partial charge in [0.15, 0.2) is 0 Å². The summed E-state index contributed by atoms with van der Waals surface area (Å²) in [5.41, 5.74) is 0.146. The van der Waals surface area contributed by atoms with Crippen LogP contribution in [0.15, 0.2) is 24.3 Å². The average Bonchev–Trinajstić information content (AvgIpc) is 3.32. The van der Waals surface area contributed by atoms with E-state index in [1.165, 1.54) is 36.5 Å². The van der Waals surface area contributed by atoms with Gasteiger partial charge in [-0.3, -0.25) is 4.79 Å². The van der Waals surface area contributed by atoms with Gasteiger partial charge in [-0.15, -0.1) is 0 Å². The fourth-order valence-corrected chi connectivity index (χ4v) is 3.57. The predicted octanol–water partition coefficient (Wildman–Crippen LogP) is 2.52. The molecule has 0 unspecified atom stereocenters. The van der Waals surface area contributed by atoms with E-state index < -0.39 is 5.82 Å². The number of rotatable bonds is 3. The maximum atomic E-state index is 13.7. The Balaban J connectivity index is 1.40. The smallest absolute Gasteiger partial charge is 0.256 e. The van der Waals surface area contributed by atoms with Crippen LogP contribution in [0.25, 0.3) is 0 Å². The molecule has 23 heavy (non-hydrogen) atoms. The summed E-state index contributed by atoms with van der Waals surface area (Å²) in [5, 5.41) is 0.935. The molecule has 0 N–H and O–H groups in total. The summed E-state index contributed by atoms with van der Waals surface area (Å²) >= 11 is 1.43. The molecule has 2 fully saturated rings. The average molecular weight is 332 g/mol. The van der Waals surface area contributed by atoms with Crippen LogP contribution in [0.5, 0.6) is 0 Å². The molecule has 2 heterocycles. The number of benzene rings is 1. The maximum absolute atomic E-state index is 13.7. The van der Waals surface area contributed by atoms with Crippen molar-refractivity contribution in [2.24, 2.45) is 0 Å². The Morgan fingerprint density at radius 2 is 1.91 bits per heavy atom. The van der Waals surface area contributed by atoms with E-state index in [0.717, 1.165) is 11.0 Å². The number of hydrogen-bond donors (Lipinski definition) is 0. The number of hydrogen-bond acceptors (Lipinski definition) is 5. The Kier molecular flexibility index (Phi) is 3.72. The van der Waals surface area contributed by atoms with Crippen molar-refractivity contribution in [2.45, 2.75) is 18.8 Å². The molecule has 4 rings (SSSR count). The maximum Gasteiger partial charge on any atom is 0.256 e. The molecule has 120 valence electrons. The zero-order chi connectivity index (χ0) is 15.8. The highest BCUT2D eigenvalue weighted by atomic mass is 32.1. The van der Waals surface area contributed by atoms with Gasteiger partial charge in [0.05, 0.1) is 5.56 Å². The second kappa shape index (κ2) is 5.88. The second-order valence-electron chi connectivity index (χ2n) is 5.97. The Hall–Kier alpha value is -2.02. The molecule has 1 aromatic heterocycles. The first-order chi connectivity index (χ1) is 11.2. The molecule has 1 saturated carbocycles. The lowest BCUT2D eigenvalue weighted by Crippen LogP contribution is -2.49. The van der Waals surface area contributed by atoms with Crippen LogP contribution in [-0.4, -0.2) is 46.3 Å². The minimum Gasteiger partial charge on any atom is -0.343 e. The van der Waals surface area contributed by atoms with Crippen LogP contribution in [0.3, 0.4) is 0 Å². The van der Waals surface area contributed by atoms with Gasteiger partial charge in [0.1, 0.15) is 11.6 Å². The molecule has 2 aliphatic rings. The first kappa shape index (κ1) is 14.6. The van der Waals surface area contributed by atoms with Crippen LogP contribution in [0.1, 0.15) is 34.9 Å². The highest BCUT2D eigenvalue weighted by Gasteiger charge is 2.30. The summed E-state index contributed by atoms with van der Waals surface area (Å²) in [6, 6.07) is 6.14. The Labute approximate surface area is 137 Å². The zero-order valence-electron chi connectivity index (χ0n) is 12.6. The molecule has 1 aliphatic carbocycles. The standard InChI is InChI=1S/C16H17FN4OS/c17-13-4-2-1-3-12(13)15(22)20-7-9-21(10-8-20)16-18-14(19-23-16)11-5-6-11/h1-4,11H,5-10H2. The van der Waals surface area contributed by atoms with Gasteiger partial charge >= 0.3 is 0 Å². The molecule has 1 aliphatic heterocycles. The largest absolute Gasteiger partial charge is 0.343 e. The van der Waals surface area contributed by atoms with Crippen LogP contribution in [0.2, 0.25) is 0 Å². The van der Waals surface area contributed by atoms with Crippen molar-refractivity contribution in [3.63, 3.8) is 0 Å². The van der Waals surface area contributed by atoms with E-state index in [1.54, 1.807) is 17.0 Å². The van der Waals surface area contributed by atoms with Crippen molar-refractivity contribution in [3.8, 4) is 0 Å². The van der Waals surface area contributed by atoms with Gasteiger partial charge in [-0.05, 0) is 25.0 Å². The number of aromatic nitrogens is 2. The SMILES string of the molecule is O=C(c1ccccc1F)N1CCN(c2nc(C3CC3)ns2)CC1. The Bertz CT molecular complexity index is 722. The highest BCUT2D eigenvalue weighted by Crippen LogP contribution is 2.39. The van der Waals surface area contributed by atoms with E-state index in [0.29, 0.717) is 32.1 Å². The van der Waals surface area contributed by atoms with Gasteiger partial charge in [-0.2, -0.15) is 4.37 Å². The van der Waals surface area contributed by atoms with Crippen molar-refractivity contribution >= 4 is 22.6 Å². The number of anilines is 1. The Morgan fingerprint density at radius 1 is 1.17 bits per heavy atom. The lowest BCUT2D eigenvalue weighted by molar-refractivity contribution is 0.0742. The van der Waals surface area contributed by atoms with Gasteiger partial charge in [0, 0.05) is 43.6 Å². The van der Waals surface area contributed by atoms with Crippen molar-refractivity contribution in [1.29, 1.82) is 0 Å². The molecule has 5 nitrogen and oxygen atoms in total. The van der Waals surface area contributed by atoms with Crippen LogP contribution in [0, 0.1) is 5.82 Å². The van der Waals surface area contributed by atoms with E-state index in [-0.39, 0.29) is 11.5 Å². The molecule has 7 heteroatoms. The number of halogens is 1. The third kappa shape index (κ3) is 2.93. The topological polar surface area (TPSA) is 49.3 Å². The second-order valence-corrected chi connectivity index (χ2v) is 6.70. The van der Waals surface area contributed by atoms with Crippen molar-refractivity contribution < 1.29 is 9.18 Å². The summed E-state index contributed by atoms with van der Waals surface area (Å²) in [4.78, 5) is 20.9. The predicted molar refractivity (Wildman–Crippen MR) is 86.4 cm³/mol. The molecule has 1 aromatic carbocycles. The molecule has 0 atom stereocenters. The number of carbonyl (C=O) groups is 1. The lowest BCUT2D eigenvalue weighted by Gasteiger charge is -2.34. The summed E-state index contributed by atoms with van der Waals surface area (Å²) in [5.74, 6) is 0.829.